The largest absolute Gasteiger partial charge is 0.309 e. The van der Waals surface area contributed by atoms with Gasteiger partial charge in [0.25, 0.3) is 0 Å². The number of benzene rings is 8. The Morgan fingerprint density at radius 3 is 1.40 bits per heavy atom. The zero-order chi connectivity index (χ0) is 40.4. The lowest BCUT2D eigenvalue weighted by Crippen LogP contribution is -2.37. The standard InChI is InChI=1S/C56H43N3Si/c1-60(2,3)46-30-28-45(29-31-46)58-54-21-13-11-19-48(54)50-34-41(25-33-55(50)58)42-24-32-49-47-18-10-12-20-53(47)59(56(49)37-42)44-26-22-40(23-27-44)52-36-43(38-14-6-4-7-15-38)35-51(57-52)39-16-8-5-9-17-39/h4-37H,1-3H3. The van der Waals surface area contributed by atoms with E-state index in [-0.39, 0.29) is 0 Å². The molecule has 4 heteroatoms. The minimum Gasteiger partial charge on any atom is -0.309 e. The van der Waals surface area contributed by atoms with Crippen LogP contribution in [0.1, 0.15) is 0 Å². The second kappa shape index (κ2) is 14.2. The molecule has 0 saturated heterocycles. The minimum atomic E-state index is -1.41. The average molecular weight is 786 g/mol. The van der Waals surface area contributed by atoms with Crippen molar-refractivity contribution in [3.05, 3.63) is 206 Å². The minimum absolute atomic E-state index is 0.951. The van der Waals surface area contributed by atoms with Crippen molar-refractivity contribution in [1.82, 2.24) is 14.1 Å². The van der Waals surface area contributed by atoms with Crippen LogP contribution in [-0.2, 0) is 0 Å². The molecule has 3 nitrogen and oxygen atoms in total. The lowest BCUT2D eigenvalue weighted by molar-refractivity contribution is 1.18. The van der Waals surface area contributed by atoms with E-state index in [9.17, 15) is 0 Å². The summed E-state index contributed by atoms with van der Waals surface area (Å²) in [5.41, 5.74) is 15.9. The van der Waals surface area contributed by atoms with Crippen molar-refractivity contribution in [2.45, 2.75) is 19.6 Å². The summed E-state index contributed by atoms with van der Waals surface area (Å²) in [6.07, 6.45) is 0. The van der Waals surface area contributed by atoms with E-state index in [1.807, 2.05) is 0 Å². The van der Waals surface area contributed by atoms with Crippen LogP contribution < -0.4 is 5.19 Å². The van der Waals surface area contributed by atoms with Gasteiger partial charge in [0.2, 0.25) is 0 Å². The van der Waals surface area contributed by atoms with Crippen LogP contribution in [-0.4, -0.2) is 22.2 Å². The van der Waals surface area contributed by atoms with Gasteiger partial charge in [-0.1, -0.05) is 164 Å². The zero-order valence-corrected chi connectivity index (χ0v) is 35.0. The first-order valence-corrected chi connectivity index (χ1v) is 24.3. The Balaban J connectivity index is 1.02. The van der Waals surface area contributed by atoms with E-state index < -0.39 is 8.07 Å². The van der Waals surface area contributed by atoms with E-state index >= 15 is 0 Å². The van der Waals surface area contributed by atoms with Gasteiger partial charge < -0.3 is 9.13 Å². The van der Waals surface area contributed by atoms with Crippen LogP contribution in [0.3, 0.4) is 0 Å². The van der Waals surface area contributed by atoms with Crippen LogP contribution in [0.15, 0.2) is 206 Å². The third-order valence-corrected chi connectivity index (χ3v) is 14.2. The summed E-state index contributed by atoms with van der Waals surface area (Å²) in [6, 6.07) is 75.1. The summed E-state index contributed by atoms with van der Waals surface area (Å²) in [5, 5.41) is 6.47. The van der Waals surface area contributed by atoms with Gasteiger partial charge in [-0.2, -0.15) is 0 Å². The summed E-state index contributed by atoms with van der Waals surface area (Å²) < 4.78 is 4.83. The SMILES string of the molecule is C[Si](C)(C)c1ccc(-n2c3ccccc3c3cc(-c4ccc5c6ccccc6n(-c6ccc(-c7cc(-c8ccccc8)cc(-c8ccccc8)n7)cc6)c5c4)ccc32)cc1. The molecule has 0 atom stereocenters. The van der Waals surface area contributed by atoms with Crippen LogP contribution in [0.2, 0.25) is 19.6 Å². The molecule has 286 valence electrons. The Morgan fingerprint density at radius 2 is 0.767 bits per heavy atom. The molecule has 0 N–H and O–H groups in total. The molecule has 0 saturated carbocycles. The van der Waals surface area contributed by atoms with Crippen molar-refractivity contribution < 1.29 is 0 Å². The number of para-hydroxylation sites is 2. The van der Waals surface area contributed by atoms with Crippen molar-refractivity contribution in [2.75, 3.05) is 0 Å². The zero-order valence-electron chi connectivity index (χ0n) is 34.0. The van der Waals surface area contributed by atoms with Crippen LogP contribution in [0.25, 0.3) is 99.8 Å². The molecule has 0 aliphatic carbocycles. The van der Waals surface area contributed by atoms with E-state index in [4.69, 9.17) is 4.98 Å². The highest BCUT2D eigenvalue weighted by Gasteiger charge is 2.19. The molecule has 0 amide bonds. The Morgan fingerprint density at radius 1 is 0.317 bits per heavy atom. The fourth-order valence-electron chi connectivity index (χ4n) is 8.98. The fraction of sp³-hybridized carbons (Fsp3) is 0.0536. The highest BCUT2D eigenvalue weighted by atomic mass is 28.3. The van der Waals surface area contributed by atoms with E-state index in [0.717, 1.165) is 33.8 Å². The second-order valence-electron chi connectivity index (χ2n) is 16.9. The van der Waals surface area contributed by atoms with Crippen LogP contribution in [0.4, 0.5) is 0 Å². The van der Waals surface area contributed by atoms with Crippen molar-refractivity contribution >= 4 is 56.9 Å². The molecule has 8 aromatic carbocycles. The molecular formula is C56H43N3Si. The molecule has 0 unspecified atom stereocenters. The first-order valence-electron chi connectivity index (χ1n) is 20.8. The van der Waals surface area contributed by atoms with Gasteiger partial charge in [-0.15, -0.1) is 0 Å². The third kappa shape index (κ3) is 6.16. The molecule has 11 aromatic rings. The molecular weight excluding hydrogens is 743 g/mol. The van der Waals surface area contributed by atoms with Crippen molar-refractivity contribution in [1.29, 1.82) is 0 Å². The Labute approximate surface area is 351 Å². The summed E-state index contributed by atoms with van der Waals surface area (Å²) >= 11 is 0. The summed E-state index contributed by atoms with van der Waals surface area (Å²) in [5.74, 6) is 0. The molecule has 0 aliphatic rings. The summed E-state index contributed by atoms with van der Waals surface area (Å²) in [4.78, 5) is 5.20. The van der Waals surface area contributed by atoms with Gasteiger partial charge >= 0.3 is 0 Å². The maximum atomic E-state index is 5.20. The average Bonchev–Trinajstić information content (AvgIpc) is 3.81. The molecule has 3 aromatic heterocycles. The van der Waals surface area contributed by atoms with E-state index in [1.165, 1.54) is 71.2 Å². The van der Waals surface area contributed by atoms with E-state index in [2.05, 4.69) is 235 Å². The van der Waals surface area contributed by atoms with Crippen LogP contribution >= 0.6 is 0 Å². The third-order valence-electron chi connectivity index (χ3n) is 12.1. The van der Waals surface area contributed by atoms with Gasteiger partial charge in [-0.05, 0) is 89.0 Å². The smallest absolute Gasteiger partial charge is 0.0775 e. The summed E-state index contributed by atoms with van der Waals surface area (Å²) in [6.45, 7) is 7.22. The Hall–Kier alpha value is -7.27. The van der Waals surface area contributed by atoms with Gasteiger partial charge in [-0.25, -0.2) is 4.98 Å². The first-order chi connectivity index (χ1) is 29.4. The molecule has 60 heavy (non-hydrogen) atoms. The molecule has 0 spiro atoms. The number of rotatable bonds is 7. The first kappa shape index (κ1) is 35.9. The van der Waals surface area contributed by atoms with Gasteiger partial charge in [0.1, 0.15) is 0 Å². The quantitative estimate of drug-likeness (QED) is 0.148. The number of pyridine rings is 1. The number of hydrogen-bond donors (Lipinski definition) is 0. The number of fused-ring (bicyclic) bond motifs is 6. The Kier molecular flexibility index (Phi) is 8.50. The maximum absolute atomic E-state index is 5.20. The molecule has 11 rings (SSSR count). The number of aromatic nitrogens is 3. The lowest BCUT2D eigenvalue weighted by Gasteiger charge is -2.17. The van der Waals surface area contributed by atoms with Crippen LogP contribution in [0, 0.1) is 0 Å². The molecule has 0 bridgehead atoms. The van der Waals surface area contributed by atoms with Gasteiger partial charge in [-0.3, -0.25) is 0 Å². The summed E-state index contributed by atoms with van der Waals surface area (Å²) in [7, 11) is -1.41. The highest BCUT2D eigenvalue weighted by molar-refractivity contribution is 6.88. The molecule has 0 fully saturated rings. The molecule has 0 radical (unpaired) electrons. The maximum Gasteiger partial charge on any atom is 0.0775 e. The van der Waals surface area contributed by atoms with Crippen molar-refractivity contribution in [3.8, 4) is 56.1 Å². The predicted octanol–water partition coefficient (Wildman–Crippen LogP) is 14.5. The fourth-order valence-corrected chi connectivity index (χ4v) is 10.1. The van der Waals surface area contributed by atoms with Crippen molar-refractivity contribution in [2.24, 2.45) is 0 Å². The predicted molar refractivity (Wildman–Crippen MR) is 258 cm³/mol. The van der Waals surface area contributed by atoms with E-state index in [1.54, 1.807) is 0 Å². The van der Waals surface area contributed by atoms with Gasteiger partial charge in [0.15, 0.2) is 0 Å². The highest BCUT2D eigenvalue weighted by Crippen LogP contribution is 2.39. The van der Waals surface area contributed by atoms with Gasteiger partial charge in [0.05, 0.1) is 41.5 Å². The molecule has 0 aliphatic heterocycles. The monoisotopic (exact) mass is 785 g/mol. The van der Waals surface area contributed by atoms with E-state index in [0.29, 0.717) is 0 Å². The lowest BCUT2D eigenvalue weighted by atomic mass is 10.00. The number of nitrogens with zero attached hydrogens (tertiary/aromatic N) is 3. The van der Waals surface area contributed by atoms with Crippen molar-refractivity contribution in [3.63, 3.8) is 0 Å². The van der Waals surface area contributed by atoms with Crippen LogP contribution in [0.5, 0.6) is 0 Å². The topological polar surface area (TPSA) is 22.8 Å². The van der Waals surface area contributed by atoms with Gasteiger partial charge in [0, 0.05) is 44.0 Å². The number of hydrogen-bond acceptors (Lipinski definition) is 1. The normalized spacial score (nSPS) is 11.9. The second-order valence-corrected chi connectivity index (χ2v) is 21.9. The Bertz CT molecular complexity index is 3310. The molecule has 3 heterocycles.